The van der Waals surface area contributed by atoms with Crippen LogP contribution in [0.1, 0.15) is 31.2 Å². The van der Waals surface area contributed by atoms with E-state index in [1.165, 1.54) is 29.8 Å². The molecule has 1 aliphatic heterocycles. The van der Waals surface area contributed by atoms with Gasteiger partial charge in [0.15, 0.2) is 11.5 Å². The minimum absolute atomic E-state index is 0.00567. The average Bonchev–Trinajstić information content (AvgIpc) is 3.16. The van der Waals surface area contributed by atoms with Gasteiger partial charge in [-0.15, -0.1) is 0 Å². The number of ether oxygens (including phenoxy) is 2. The van der Waals surface area contributed by atoms with E-state index in [1.54, 1.807) is 14.2 Å². The lowest BCUT2D eigenvalue weighted by Gasteiger charge is -2.45. The fourth-order valence-electron chi connectivity index (χ4n) is 5.49. The number of likely N-dealkylation sites (N-methyl/N-ethyl adjacent to an activating group) is 1. The van der Waals surface area contributed by atoms with E-state index in [4.69, 9.17) is 9.47 Å². The summed E-state index contributed by atoms with van der Waals surface area (Å²) in [5.74, 6) is 1.42. The van der Waals surface area contributed by atoms with Crippen molar-refractivity contribution in [3.05, 3.63) is 48.0 Å². The smallest absolute Gasteiger partial charge is 0.446 e. The fourth-order valence-corrected chi connectivity index (χ4v) is 6.03. The summed E-state index contributed by atoms with van der Waals surface area (Å²) in [7, 11) is 5.38. The summed E-state index contributed by atoms with van der Waals surface area (Å²) in [6.45, 7) is 0.972. The van der Waals surface area contributed by atoms with Crippen LogP contribution in [0.25, 0.3) is 0 Å². The Bertz CT molecular complexity index is 1050. The van der Waals surface area contributed by atoms with E-state index in [1.807, 2.05) is 6.07 Å². The van der Waals surface area contributed by atoms with Crippen molar-refractivity contribution in [3.63, 3.8) is 0 Å². The molecule has 1 saturated carbocycles. The van der Waals surface area contributed by atoms with Gasteiger partial charge in [-0.05, 0) is 93.0 Å². The van der Waals surface area contributed by atoms with Crippen molar-refractivity contribution < 1.29 is 27.4 Å². The van der Waals surface area contributed by atoms with Crippen molar-refractivity contribution in [1.29, 1.82) is 0 Å². The number of alkyl halides is 3. The molecule has 2 N–H and O–H groups in total. The van der Waals surface area contributed by atoms with Gasteiger partial charge in [0.05, 0.1) is 14.2 Å². The summed E-state index contributed by atoms with van der Waals surface area (Å²) in [4.78, 5) is 15.1. The van der Waals surface area contributed by atoms with Gasteiger partial charge >= 0.3 is 11.5 Å². The van der Waals surface area contributed by atoms with Crippen LogP contribution in [0.2, 0.25) is 0 Å². The zero-order valence-electron chi connectivity index (χ0n) is 19.9. The molecular weight excluding hydrogens is 479 g/mol. The van der Waals surface area contributed by atoms with Crippen molar-refractivity contribution in [3.8, 4) is 11.5 Å². The largest absolute Gasteiger partial charge is 0.493 e. The number of hydrogen-bond acceptors (Lipinski definition) is 5. The number of methoxy groups -OCH3 is 2. The molecule has 2 aliphatic rings. The Morgan fingerprint density at radius 3 is 2.46 bits per heavy atom. The molecule has 2 aromatic rings. The summed E-state index contributed by atoms with van der Waals surface area (Å²) in [5, 5.41) is 5.79. The maximum atomic E-state index is 12.6. The number of nitrogens with one attached hydrogen (secondary N) is 2. The Hall–Kier alpha value is -2.59. The first-order chi connectivity index (χ1) is 16.6. The predicted octanol–water partition coefficient (Wildman–Crippen LogP) is 5.63. The highest BCUT2D eigenvalue weighted by atomic mass is 32.2. The van der Waals surface area contributed by atoms with E-state index in [-0.39, 0.29) is 40.2 Å². The van der Waals surface area contributed by atoms with Crippen LogP contribution in [0.4, 0.5) is 23.7 Å². The number of fused-ring (bicyclic) bond motifs is 1. The van der Waals surface area contributed by atoms with Crippen LogP contribution in [-0.2, 0) is 5.41 Å². The summed E-state index contributed by atoms with van der Waals surface area (Å²) in [6.07, 6.45) is 3.59. The van der Waals surface area contributed by atoms with Crippen molar-refractivity contribution in [2.45, 2.75) is 53.6 Å². The Balaban J connectivity index is 1.41. The fraction of sp³-hybridized carbons (Fsp3) is 0.480. The van der Waals surface area contributed by atoms with Gasteiger partial charge in [-0.1, -0.05) is 6.07 Å². The molecule has 0 spiro atoms. The van der Waals surface area contributed by atoms with Crippen molar-refractivity contribution >= 4 is 23.5 Å². The molecule has 0 unspecified atom stereocenters. The molecule has 3 atom stereocenters. The van der Waals surface area contributed by atoms with Gasteiger partial charge in [0.1, 0.15) is 0 Å². The minimum Gasteiger partial charge on any atom is -0.493 e. The zero-order valence-corrected chi connectivity index (χ0v) is 20.8. The number of carbonyl (C=O) groups excluding carboxylic acids is 1. The third-order valence-electron chi connectivity index (χ3n) is 7.17. The Kier molecular flexibility index (Phi) is 7.42. The number of urea groups is 1. The van der Waals surface area contributed by atoms with Crippen LogP contribution in [0.3, 0.4) is 0 Å². The number of hydrogen-bond donors (Lipinski definition) is 2. The van der Waals surface area contributed by atoms with Gasteiger partial charge in [0, 0.05) is 28.1 Å². The molecule has 2 fully saturated rings. The highest BCUT2D eigenvalue weighted by molar-refractivity contribution is 8.00. The second kappa shape index (κ2) is 10.2. The molecule has 2 amide bonds. The Morgan fingerprint density at radius 2 is 1.80 bits per heavy atom. The van der Waals surface area contributed by atoms with Gasteiger partial charge in [0.2, 0.25) is 0 Å². The first-order valence-electron chi connectivity index (χ1n) is 11.5. The predicted molar refractivity (Wildman–Crippen MR) is 130 cm³/mol. The van der Waals surface area contributed by atoms with Crippen LogP contribution < -0.4 is 20.1 Å². The molecule has 190 valence electrons. The van der Waals surface area contributed by atoms with E-state index >= 15 is 0 Å². The van der Waals surface area contributed by atoms with E-state index < -0.39 is 5.51 Å². The van der Waals surface area contributed by atoms with E-state index in [2.05, 4.69) is 34.7 Å². The standard InChI is InChI=1S/C25H30F3N3O3S/c1-31-13-12-24(16-4-9-20(33-2)21(14-16)34-3)11-10-18(15-22(24)31)30-23(32)29-17-5-7-19(8-6-17)35-25(26,27)28/h4-9,14,18,22H,10-13,15H2,1-3H3,(H2,29,30,32)/t18-,22+,24+/m1/s1. The number of rotatable bonds is 6. The van der Waals surface area contributed by atoms with Crippen molar-refractivity contribution in [2.24, 2.45) is 0 Å². The Morgan fingerprint density at radius 1 is 1.09 bits per heavy atom. The third-order valence-corrected chi connectivity index (χ3v) is 7.91. The normalized spacial score (nSPS) is 24.5. The van der Waals surface area contributed by atoms with Crippen molar-refractivity contribution in [1.82, 2.24) is 10.2 Å². The molecule has 0 aromatic heterocycles. The maximum absolute atomic E-state index is 12.6. The molecule has 1 heterocycles. The molecule has 35 heavy (non-hydrogen) atoms. The maximum Gasteiger partial charge on any atom is 0.446 e. The second-order valence-electron chi connectivity index (χ2n) is 9.11. The summed E-state index contributed by atoms with van der Waals surface area (Å²) >= 11 is -0.180. The van der Waals surface area contributed by atoms with Crippen molar-refractivity contribution in [2.75, 3.05) is 33.1 Å². The van der Waals surface area contributed by atoms with Crippen LogP contribution in [0, 0.1) is 0 Å². The van der Waals surface area contributed by atoms with Gasteiger partial charge in [-0.2, -0.15) is 13.2 Å². The number of anilines is 1. The molecule has 6 nitrogen and oxygen atoms in total. The topological polar surface area (TPSA) is 62.8 Å². The molecule has 1 aliphatic carbocycles. The first kappa shape index (κ1) is 25.5. The molecule has 0 bridgehead atoms. The number of nitrogens with zero attached hydrogens (tertiary/aromatic N) is 1. The lowest BCUT2D eigenvalue weighted by atomic mass is 9.65. The summed E-state index contributed by atoms with van der Waals surface area (Å²) < 4.78 is 48.5. The molecule has 0 radical (unpaired) electrons. The number of benzene rings is 2. The molecule has 2 aromatic carbocycles. The van der Waals surface area contributed by atoms with Crippen LogP contribution in [0.15, 0.2) is 47.4 Å². The Labute approximate surface area is 207 Å². The molecular formula is C25H30F3N3O3S. The second-order valence-corrected chi connectivity index (χ2v) is 10.3. The van der Waals surface area contributed by atoms with Crippen LogP contribution in [0.5, 0.6) is 11.5 Å². The lowest BCUT2D eigenvalue weighted by molar-refractivity contribution is -0.0328. The number of halogens is 3. The van der Waals surface area contributed by atoms with Gasteiger partial charge in [-0.3, -0.25) is 0 Å². The molecule has 1 saturated heterocycles. The summed E-state index contributed by atoms with van der Waals surface area (Å²) in [5.41, 5.74) is -2.69. The van der Waals surface area contributed by atoms with Gasteiger partial charge < -0.3 is 25.0 Å². The highest BCUT2D eigenvalue weighted by Gasteiger charge is 2.50. The molecule has 10 heteroatoms. The van der Waals surface area contributed by atoms with E-state index in [0.717, 1.165) is 32.2 Å². The number of carbonyl (C=O) groups is 1. The number of amides is 2. The van der Waals surface area contributed by atoms with Crippen LogP contribution >= 0.6 is 11.8 Å². The lowest BCUT2D eigenvalue weighted by Crippen LogP contribution is -2.52. The van der Waals surface area contributed by atoms with Gasteiger partial charge in [-0.25, -0.2) is 4.79 Å². The summed E-state index contributed by atoms with van der Waals surface area (Å²) in [6, 6.07) is 11.7. The quantitative estimate of drug-likeness (QED) is 0.494. The minimum atomic E-state index is -4.34. The highest BCUT2D eigenvalue weighted by Crippen LogP contribution is 2.50. The monoisotopic (exact) mass is 509 g/mol. The van der Waals surface area contributed by atoms with Crippen LogP contribution in [-0.4, -0.2) is 56.3 Å². The molecule has 4 rings (SSSR count). The first-order valence-corrected chi connectivity index (χ1v) is 12.3. The van der Waals surface area contributed by atoms with E-state index in [0.29, 0.717) is 17.2 Å². The third kappa shape index (κ3) is 5.64. The zero-order chi connectivity index (χ0) is 25.2. The average molecular weight is 510 g/mol. The van der Waals surface area contributed by atoms with E-state index in [9.17, 15) is 18.0 Å². The van der Waals surface area contributed by atoms with Gasteiger partial charge in [0.25, 0.3) is 0 Å². The SMILES string of the molecule is COc1ccc([C@@]23CC[C@@H](NC(=O)Nc4ccc(SC(F)(F)F)cc4)C[C@@H]2N(C)CC3)cc1OC. The number of likely N-dealkylation sites (tertiary alicyclic amines) is 1. The number of thioether (sulfide) groups is 1.